The molecule has 0 radical (unpaired) electrons. The monoisotopic (exact) mass is 292 g/mol. The third-order valence-electron chi connectivity index (χ3n) is 3.76. The SMILES string of the molecule is Cc1nn(C)c(C)c1CCC(N)Cc1ccncc1Cl. The van der Waals surface area contributed by atoms with Crippen molar-refractivity contribution < 1.29 is 0 Å². The number of nitrogens with two attached hydrogens (primary N) is 1. The molecule has 1 unspecified atom stereocenters. The predicted molar refractivity (Wildman–Crippen MR) is 81.9 cm³/mol. The van der Waals surface area contributed by atoms with Gasteiger partial charge in [0.2, 0.25) is 0 Å². The zero-order valence-corrected chi connectivity index (χ0v) is 13.0. The van der Waals surface area contributed by atoms with Crippen LogP contribution in [0.15, 0.2) is 18.5 Å². The molecule has 0 fully saturated rings. The Hall–Kier alpha value is -1.39. The Morgan fingerprint density at radius 3 is 2.75 bits per heavy atom. The highest BCUT2D eigenvalue weighted by molar-refractivity contribution is 6.31. The molecule has 0 aliphatic heterocycles. The molecule has 1 atom stereocenters. The van der Waals surface area contributed by atoms with Crippen LogP contribution < -0.4 is 5.73 Å². The fourth-order valence-corrected chi connectivity index (χ4v) is 2.66. The summed E-state index contributed by atoms with van der Waals surface area (Å²) in [6.45, 7) is 4.15. The molecule has 4 nitrogen and oxygen atoms in total. The van der Waals surface area contributed by atoms with Gasteiger partial charge in [0.05, 0.1) is 10.7 Å². The summed E-state index contributed by atoms with van der Waals surface area (Å²) in [4.78, 5) is 3.99. The number of aryl methyl sites for hydroxylation is 2. The van der Waals surface area contributed by atoms with Crippen LogP contribution in [0.25, 0.3) is 0 Å². The van der Waals surface area contributed by atoms with Gasteiger partial charge in [-0.3, -0.25) is 9.67 Å². The summed E-state index contributed by atoms with van der Waals surface area (Å²) in [7, 11) is 1.97. The number of hydrogen-bond acceptors (Lipinski definition) is 3. The van der Waals surface area contributed by atoms with Crippen molar-refractivity contribution in [3.63, 3.8) is 0 Å². The topological polar surface area (TPSA) is 56.7 Å². The Bertz CT molecular complexity index is 592. The zero-order valence-electron chi connectivity index (χ0n) is 12.2. The molecule has 0 saturated carbocycles. The minimum Gasteiger partial charge on any atom is -0.327 e. The normalized spacial score (nSPS) is 12.7. The van der Waals surface area contributed by atoms with Crippen molar-refractivity contribution in [1.82, 2.24) is 14.8 Å². The summed E-state index contributed by atoms with van der Waals surface area (Å²) >= 11 is 6.11. The molecule has 0 aliphatic carbocycles. The van der Waals surface area contributed by atoms with E-state index in [2.05, 4.69) is 17.0 Å². The highest BCUT2D eigenvalue weighted by atomic mass is 35.5. The van der Waals surface area contributed by atoms with Gasteiger partial charge in [0.1, 0.15) is 0 Å². The van der Waals surface area contributed by atoms with Crippen LogP contribution in [0.4, 0.5) is 0 Å². The van der Waals surface area contributed by atoms with Gasteiger partial charge in [0.15, 0.2) is 0 Å². The summed E-state index contributed by atoms with van der Waals surface area (Å²) in [5.41, 5.74) is 10.9. The maximum absolute atomic E-state index is 6.22. The fourth-order valence-electron chi connectivity index (χ4n) is 2.46. The van der Waals surface area contributed by atoms with Crippen LogP contribution in [0.1, 0.15) is 28.9 Å². The minimum absolute atomic E-state index is 0.0916. The quantitative estimate of drug-likeness (QED) is 0.921. The molecule has 0 bridgehead atoms. The largest absolute Gasteiger partial charge is 0.327 e. The number of hydrogen-bond donors (Lipinski definition) is 1. The average Bonchev–Trinajstić information content (AvgIpc) is 2.64. The maximum Gasteiger partial charge on any atom is 0.0628 e. The van der Waals surface area contributed by atoms with Gasteiger partial charge in [-0.05, 0) is 50.3 Å². The van der Waals surface area contributed by atoms with Gasteiger partial charge in [-0.1, -0.05) is 11.6 Å². The molecule has 0 spiro atoms. The lowest BCUT2D eigenvalue weighted by molar-refractivity contribution is 0.607. The van der Waals surface area contributed by atoms with Crippen LogP contribution in [-0.2, 0) is 19.9 Å². The fraction of sp³-hybridized carbons (Fsp3) is 0.467. The second-order valence-corrected chi connectivity index (χ2v) is 5.65. The first-order chi connectivity index (χ1) is 9.49. The molecule has 0 amide bonds. The molecule has 2 heterocycles. The van der Waals surface area contributed by atoms with Crippen molar-refractivity contribution in [3.8, 4) is 0 Å². The van der Waals surface area contributed by atoms with Gasteiger partial charge in [0, 0.05) is 31.2 Å². The van der Waals surface area contributed by atoms with Crippen LogP contribution in [0.5, 0.6) is 0 Å². The van der Waals surface area contributed by atoms with Gasteiger partial charge in [-0.15, -0.1) is 0 Å². The van der Waals surface area contributed by atoms with Gasteiger partial charge >= 0.3 is 0 Å². The predicted octanol–water partition coefficient (Wildman–Crippen LogP) is 2.59. The Morgan fingerprint density at radius 2 is 2.15 bits per heavy atom. The van der Waals surface area contributed by atoms with E-state index in [0.717, 1.165) is 30.5 Å². The lowest BCUT2D eigenvalue weighted by Crippen LogP contribution is -2.23. The van der Waals surface area contributed by atoms with Crippen molar-refractivity contribution in [2.75, 3.05) is 0 Å². The summed E-state index contributed by atoms with van der Waals surface area (Å²) < 4.78 is 1.93. The summed E-state index contributed by atoms with van der Waals surface area (Å²) in [5, 5.41) is 5.12. The smallest absolute Gasteiger partial charge is 0.0628 e. The first-order valence-corrected chi connectivity index (χ1v) is 7.20. The second kappa shape index (κ2) is 6.37. The van der Waals surface area contributed by atoms with Crippen LogP contribution in [0, 0.1) is 13.8 Å². The zero-order chi connectivity index (χ0) is 14.7. The van der Waals surface area contributed by atoms with E-state index in [0.29, 0.717) is 5.02 Å². The Balaban J connectivity index is 1.96. The molecule has 2 N–H and O–H groups in total. The maximum atomic E-state index is 6.22. The van der Waals surface area contributed by atoms with Crippen molar-refractivity contribution in [2.45, 2.75) is 39.2 Å². The number of halogens is 1. The highest BCUT2D eigenvalue weighted by Crippen LogP contribution is 2.18. The third-order valence-corrected chi connectivity index (χ3v) is 4.10. The first-order valence-electron chi connectivity index (χ1n) is 6.82. The molecule has 0 aliphatic rings. The summed E-state index contributed by atoms with van der Waals surface area (Å²) in [6, 6.07) is 2.02. The molecule has 2 rings (SSSR count). The van der Waals surface area contributed by atoms with Crippen LogP contribution in [-0.4, -0.2) is 20.8 Å². The molecular formula is C15H21ClN4. The summed E-state index contributed by atoms with van der Waals surface area (Å²) in [6.07, 6.45) is 6.07. The van der Waals surface area contributed by atoms with Crippen molar-refractivity contribution >= 4 is 11.6 Å². The Kier molecular flexibility index (Phi) is 4.78. The van der Waals surface area contributed by atoms with E-state index in [1.165, 1.54) is 11.3 Å². The first kappa shape index (κ1) is 15.0. The van der Waals surface area contributed by atoms with E-state index in [1.54, 1.807) is 12.4 Å². The molecule has 2 aromatic heterocycles. The average molecular weight is 293 g/mol. The van der Waals surface area contributed by atoms with E-state index >= 15 is 0 Å². The van der Waals surface area contributed by atoms with Crippen molar-refractivity contribution in [3.05, 3.63) is 46.0 Å². The van der Waals surface area contributed by atoms with E-state index in [-0.39, 0.29) is 6.04 Å². The lowest BCUT2D eigenvalue weighted by Gasteiger charge is -2.12. The number of aromatic nitrogens is 3. The van der Waals surface area contributed by atoms with Crippen molar-refractivity contribution in [1.29, 1.82) is 0 Å². The molecule has 2 aromatic rings. The second-order valence-electron chi connectivity index (χ2n) is 5.24. The van der Waals surface area contributed by atoms with E-state index in [4.69, 9.17) is 17.3 Å². The minimum atomic E-state index is 0.0916. The number of rotatable bonds is 5. The van der Waals surface area contributed by atoms with Gasteiger partial charge < -0.3 is 5.73 Å². The summed E-state index contributed by atoms with van der Waals surface area (Å²) in [5.74, 6) is 0. The van der Waals surface area contributed by atoms with E-state index in [9.17, 15) is 0 Å². The molecule has 5 heteroatoms. The highest BCUT2D eigenvalue weighted by Gasteiger charge is 2.12. The molecule has 108 valence electrons. The molecule has 0 saturated heterocycles. The van der Waals surface area contributed by atoms with E-state index < -0.39 is 0 Å². The molecule has 20 heavy (non-hydrogen) atoms. The molecule has 0 aromatic carbocycles. The van der Waals surface area contributed by atoms with Crippen molar-refractivity contribution in [2.24, 2.45) is 12.8 Å². The van der Waals surface area contributed by atoms with Gasteiger partial charge in [-0.25, -0.2) is 0 Å². The Morgan fingerprint density at radius 1 is 1.40 bits per heavy atom. The van der Waals surface area contributed by atoms with E-state index in [1.807, 2.05) is 24.7 Å². The van der Waals surface area contributed by atoms with Crippen LogP contribution >= 0.6 is 11.6 Å². The van der Waals surface area contributed by atoms with Gasteiger partial charge in [-0.2, -0.15) is 5.10 Å². The molecular weight excluding hydrogens is 272 g/mol. The number of pyridine rings is 1. The van der Waals surface area contributed by atoms with Crippen LogP contribution in [0.2, 0.25) is 5.02 Å². The lowest BCUT2D eigenvalue weighted by atomic mass is 9.99. The number of nitrogens with zero attached hydrogens (tertiary/aromatic N) is 3. The van der Waals surface area contributed by atoms with Crippen LogP contribution in [0.3, 0.4) is 0 Å². The standard InChI is InChI=1S/C15H21ClN4/c1-10-14(11(2)20(3)19-10)5-4-13(17)8-12-6-7-18-9-15(12)16/h6-7,9,13H,4-5,8,17H2,1-3H3. The Labute approximate surface area is 125 Å². The van der Waals surface area contributed by atoms with Gasteiger partial charge in [0.25, 0.3) is 0 Å². The third kappa shape index (κ3) is 3.38.